The minimum absolute atomic E-state index is 0.0906. The molecule has 41 heavy (non-hydrogen) atoms. The predicted octanol–water partition coefficient (Wildman–Crippen LogP) is 4.84. The molecule has 3 rings (SSSR count). The fourth-order valence-corrected chi connectivity index (χ4v) is 4.67. The number of carbonyl (C=O) groups excluding carboxylic acids is 4. The summed E-state index contributed by atoms with van der Waals surface area (Å²) in [5.74, 6) is -1.58. The van der Waals surface area contributed by atoms with Crippen LogP contribution >= 0.6 is 11.8 Å². The van der Waals surface area contributed by atoms with Crippen molar-refractivity contribution in [3.8, 4) is 5.75 Å². The molecule has 218 valence electrons. The van der Waals surface area contributed by atoms with Crippen molar-refractivity contribution in [3.63, 3.8) is 0 Å². The first-order valence-electron chi connectivity index (χ1n) is 13.1. The van der Waals surface area contributed by atoms with Gasteiger partial charge in [-0.1, -0.05) is 13.0 Å². The monoisotopic (exact) mass is 584 g/mol. The van der Waals surface area contributed by atoms with Gasteiger partial charge in [0.1, 0.15) is 12.3 Å². The van der Waals surface area contributed by atoms with E-state index in [-0.39, 0.29) is 28.1 Å². The molecule has 0 aliphatic carbocycles. The molecule has 1 atom stereocenters. The Morgan fingerprint density at radius 1 is 1.15 bits per heavy atom. The maximum atomic E-state index is 13.0. The highest BCUT2D eigenvalue weighted by Crippen LogP contribution is 2.35. The van der Waals surface area contributed by atoms with Gasteiger partial charge in [-0.05, 0) is 63.2 Å². The van der Waals surface area contributed by atoms with Gasteiger partial charge in [0.2, 0.25) is 0 Å². The molecule has 2 aromatic rings. The number of hydrogen-bond donors (Lipinski definition) is 1. The second-order valence-electron chi connectivity index (χ2n) is 9.02. The summed E-state index contributed by atoms with van der Waals surface area (Å²) in [5, 5.41) is 13.0. The summed E-state index contributed by atoms with van der Waals surface area (Å²) in [5.41, 5.74) is 1.34. The van der Waals surface area contributed by atoms with Crippen molar-refractivity contribution in [3.05, 3.63) is 63.0 Å². The van der Waals surface area contributed by atoms with E-state index in [9.17, 15) is 29.3 Å². The standard InChI is InChI=1S/C28H32N4O8S/c1-5-18(4)40-26(34)16-31-27(35)24(41-28(31)36)13-19-11-12-21(30(6-2)7-3)15-23(19)39-17-25(33)29-20-9-8-10-22(14-20)32(37)38/h8-15,18H,5-7,16-17H2,1-4H3,(H,29,33)/b24-13+/t18-/m1/s1. The van der Waals surface area contributed by atoms with Crippen molar-refractivity contribution in [1.82, 2.24) is 4.90 Å². The average molecular weight is 585 g/mol. The lowest BCUT2D eigenvalue weighted by molar-refractivity contribution is -0.384. The van der Waals surface area contributed by atoms with Crippen molar-refractivity contribution >= 4 is 57.9 Å². The molecule has 1 aliphatic rings. The molecule has 0 aromatic heterocycles. The number of hydrogen-bond acceptors (Lipinski definition) is 10. The van der Waals surface area contributed by atoms with Crippen LogP contribution in [0.4, 0.5) is 21.9 Å². The molecule has 1 heterocycles. The molecule has 2 aromatic carbocycles. The second kappa shape index (κ2) is 14.3. The summed E-state index contributed by atoms with van der Waals surface area (Å²) in [4.78, 5) is 63.7. The third-order valence-electron chi connectivity index (χ3n) is 6.18. The van der Waals surface area contributed by atoms with Gasteiger partial charge in [0.25, 0.3) is 22.7 Å². The third-order valence-corrected chi connectivity index (χ3v) is 7.09. The molecule has 13 heteroatoms. The lowest BCUT2D eigenvalue weighted by atomic mass is 10.1. The highest BCUT2D eigenvalue weighted by atomic mass is 32.2. The van der Waals surface area contributed by atoms with E-state index in [1.165, 1.54) is 30.3 Å². The summed E-state index contributed by atoms with van der Waals surface area (Å²) >= 11 is 0.692. The second-order valence-corrected chi connectivity index (χ2v) is 10.0. The van der Waals surface area contributed by atoms with Gasteiger partial charge in [-0.15, -0.1) is 0 Å². The van der Waals surface area contributed by atoms with Crippen LogP contribution in [-0.2, 0) is 19.1 Å². The summed E-state index contributed by atoms with van der Waals surface area (Å²) in [6, 6.07) is 10.8. The van der Waals surface area contributed by atoms with Crippen molar-refractivity contribution < 1.29 is 33.6 Å². The minimum atomic E-state index is -0.676. The Morgan fingerprint density at radius 2 is 1.88 bits per heavy atom. The summed E-state index contributed by atoms with van der Waals surface area (Å²) in [6.07, 6.45) is 1.74. The van der Waals surface area contributed by atoms with Crippen molar-refractivity contribution in [2.24, 2.45) is 0 Å². The van der Waals surface area contributed by atoms with E-state index < -0.39 is 41.1 Å². The lowest BCUT2D eigenvalue weighted by Crippen LogP contribution is -2.35. The first kappa shape index (κ1) is 31.1. The molecular formula is C28H32N4O8S. The fourth-order valence-electron chi connectivity index (χ4n) is 3.84. The van der Waals surface area contributed by atoms with E-state index in [1.54, 1.807) is 19.1 Å². The molecule has 0 spiro atoms. The Hall–Kier alpha value is -4.39. The number of nitrogens with zero attached hydrogens (tertiary/aromatic N) is 3. The molecule has 1 N–H and O–H groups in total. The largest absolute Gasteiger partial charge is 0.483 e. The molecule has 0 bridgehead atoms. The number of benzene rings is 2. The van der Waals surface area contributed by atoms with Crippen molar-refractivity contribution in [1.29, 1.82) is 0 Å². The number of rotatable bonds is 13. The Morgan fingerprint density at radius 3 is 2.54 bits per heavy atom. The number of anilines is 2. The van der Waals surface area contributed by atoms with E-state index in [2.05, 4.69) is 10.2 Å². The van der Waals surface area contributed by atoms with E-state index in [0.29, 0.717) is 36.8 Å². The van der Waals surface area contributed by atoms with Crippen LogP contribution in [0.1, 0.15) is 39.7 Å². The van der Waals surface area contributed by atoms with Gasteiger partial charge in [-0.3, -0.25) is 34.2 Å². The minimum Gasteiger partial charge on any atom is -0.483 e. The van der Waals surface area contributed by atoms with E-state index in [4.69, 9.17) is 9.47 Å². The fraction of sp³-hybridized carbons (Fsp3) is 0.357. The zero-order chi connectivity index (χ0) is 30.1. The number of non-ortho nitro benzene ring substituents is 1. The summed E-state index contributed by atoms with van der Waals surface area (Å²) in [7, 11) is 0. The normalized spacial score (nSPS) is 14.6. The van der Waals surface area contributed by atoms with Crippen LogP contribution in [0.2, 0.25) is 0 Å². The van der Waals surface area contributed by atoms with Crippen molar-refractivity contribution in [2.45, 2.75) is 40.2 Å². The Bertz CT molecular complexity index is 1360. The van der Waals surface area contributed by atoms with Gasteiger partial charge < -0.3 is 19.7 Å². The smallest absolute Gasteiger partial charge is 0.326 e. The maximum absolute atomic E-state index is 13.0. The third kappa shape index (κ3) is 8.30. The van der Waals surface area contributed by atoms with Crippen LogP contribution in [0.15, 0.2) is 47.4 Å². The van der Waals surface area contributed by atoms with Gasteiger partial charge >= 0.3 is 5.97 Å². The molecule has 1 saturated heterocycles. The maximum Gasteiger partial charge on any atom is 0.326 e. The topological polar surface area (TPSA) is 148 Å². The lowest BCUT2D eigenvalue weighted by Gasteiger charge is -2.22. The molecule has 1 fully saturated rings. The Labute approximate surface area is 241 Å². The van der Waals surface area contributed by atoms with Gasteiger partial charge in [-0.25, -0.2) is 0 Å². The predicted molar refractivity (Wildman–Crippen MR) is 156 cm³/mol. The van der Waals surface area contributed by atoms with Crippen LogP contribution in [0.25, 0.3) is 6.08 Å². The number of nitrogens with one attached hydrogen (secondary N) is 1. The highest BCUT2D eigenvalue weighted by molar-refractivity contribution is 8.18. The van der Waals surface area contributed by atoms with E-state index >= 15 is 0 Å². The Balaban J connectivity index is 1.81. The van der Waals surface area contributed by atoms with Gasteiger partial charge in [0.15, 0.2) is 6.61 Å². The van der Waals surface area contributed by atoms with E-state index in [0.717, 1.165) is 10.6 Å². The van der Waals surface area contributed by atoms with Crippen LogP contribution in [0, 0.1) is 10.1 Å². The first-order chi connectivity index (χ1) is 19.6. The SMILES string of the molecule is CC[C@@H](C)OC(=O)CN1C(=O)S/C(=C/c2ccc(N(CC)CC)cc2OCC(=O)Nc2cccc([N+](=O)[O-])c2)C1=O. The number of amides is 3. The van der Waals surface area contributed by atoms with Crippen LogP contribution in [-0.4, -0.2) is 65.2 Å². The van der Waals surface area contributed by atoms with Crippen molar-refractivity contribution in [2.75, 3.05) is 36.5 Å². The number of ether oxygens (including phenoxy) is 2. The number of carbonyl (C=O) groups is 4. The molecule has 0 saturated carbocycles. The Kier molecular flexibility index (Phi) is 10.9. The number of esters is 1. The van der Waals surface area contributed by atoms with Crippen LogP contribution in [0.5, 0.6) is 5.75 Å². The molecule has 12 nitrogen and oxygen atoms in total. The van der Waals surface area contributed by atoms with Gasteiger partial charge in [-0.2, -0.15) is 0 Å². The van der Waals surface area contributed by atoms with Crippen LogP contribution in [0.3, 0.4) is 0 Å². The van der Waals surface area contributed by atoms with Gasteiger partial charge in [0, 0.05) is 48.2 Å². The zero-order valence-electron chi connectivity index (χ0n) is 23.2. The molecular weight excluding hydrogens is 552 g/mol. The quantitative estimate of drug-likeness (QED) is 0.150. The first-order valence-corrected chi connectivity index (χ1v) is 13.9. The van der Waals surface area contributed by atoms with E-state index in [1.807, 2.05) is 26.8 Å². The molecule has 1 aliphatic heterocycles. The summed E-state index contributed by atoms with van der Waals surface area (Å²) in [6.45, 7) is 8.08. The summed E-state index contributed by atoms with van der Waals surface area (Å²) < 4.78 is 11.0. The molecule has 0 unspecified atom stereocenters. The number of nitro groups is 1. The highest BCUT2D eigenvalue weighted by Gasteiger charge is 2.37. The number of imide groups is 1. The number of thioether (sulfide) groups is 1. The molecule has 3 amide bonds. The zero-order valence-corrected chi connectivity index (χ0v) is 24.1. The average Bonchev–Trinajstić information content (AvgIpc) is 3.20. The van der Waals surface area contributed by atoms with Gasteiger partial charge in [0.05, 0.1) is 15.9 Å². The number of nitro benzene ring substituents is 1. The van der Waals surface area contributed by atoms with Crippen LogP contribution < -0.4 is 15.0 Å². The molecule has 0 radical (unpaired) electrons.